The molecule has 90 valence electrons. The number of nitrogens with two attached hydrogens (primary N) is 1. The average Bonchev–Trinajstić information content (AvgIpc) is 2.69. The molecule has 0 amide bonds. The van der Waals surface area contributed by atoms with Crippen molar-refractivity contribution in [2.75, 3.05) is 10.5 Å². The number of sulfonamides is 1. The lowest BCUT2D eigenvalue weighted by Crippen LogP contribution is -2.12. The largest absolute Gasteiger partial charge is 0.398 e. The van der Waals surface area contributed by atoms with Crippen molar-refractivity contribution in [2.45, 2.75) is 11.1 Å². The SMILES string of the molecule is Cc1ccccc1NS(=O)(=O)c1cc(N)cs1. The quantitative estimate of drug-likeness (QED) is 0.898. The fourth-order valence-corrected chi connectivity index (χ4v) is 3.56. The first-order valence-electron chi connectivity index (χ1n) is 4.91. The standard InChI is InChI=1S/C11H12N2O2S2/c1-8-4-2-3-5-10(8)13-17(14,15)11-6-9(12)7-16-11/h2-7,13H,12H2,1H3. The molecule has 6 heteroatoms. The van der Waals surface area contributed by atoms with Crippen molar-refractivity contribution in [3.63, 3.8) is 0 Å². The van der Waals surface area contributed by atoms with Crippen LogP contribution in [0.1, 0.15) is 5.56 Å². The third-order valence-electron chi connectivity index (χ3n) is 2.25. The van der Waals surface area contributed by atoms with Crippen LogP contribution in [0.15, 0.2) is 39.9 Å². The molecule has 0 spiro atoms. The molecule has 17 heavy (non-hydrogen) atoms. The van der Waals surface area contributed by atoms with Crippen LogP contribution in [-0.4, -0.2) is 8.42 Å². The molecule has 0 aliphatic heterocycles. The van der Waals surface area contributed by atoms with Gasteiger partial charge in [-0.1, -0.05) is 18.2 Å². The van der Waals surface area contributed by atoms with Crippen molar-refractivity contribution in [2.24, 2.45) is 0 Å². The number of nitrogen functional groups attached to an aromatic ring is 1. The number of para-hydroxylation sites is 1. The third-order valence-corrected chi connectivity index (χ3v) is 5.07. The highest BCUT2D eigenvalue weighted by Crippen LogP contribution is 2.25. The number of hydrogen-bond acceptors (Lipinski definition) is 4. The molecule has 0 bridgehead atoms. The molecule has 0 unspecified atom stereocenters. The summed E-state index contributed by atoms with van der Waals surface area (Å²) >= 11 is 1.11. The molecule has 1 aromatic carbocycles. The molecule has 0 fully saturated rings. The highest BCUT2D eigenvalue weighted by atomic mass is 32.2. The number of aryl methyl sites for hydroxylation is 1. The molecule has 4 nitrogen and oxygen atoms in total. The van der Waals surface area contributed by atoms with E-state index in [1.54, 1.807) is 17.5 Å². The Labute approximate surface area is 104 Å². The average molecular weight is 268 g/mol. The van der Waals surface area contributed by atoms with Crippen LogP contribution in [0.25, 0.3) is 0 Å². The van der Waals surface area contributed by atoms with E-state index >= 15 is 0 Å². The summed E-state index contributed by atoms with van der Waals surface area (Å²) in [6, 6.07) is 8.67. The summed E-state index contributed by atoms with van der Waals surface area (Å²) in [6.07, 6.45) is 0. The molecule has 2 rings (SSSR count). The molecule has 0 aliphatic rings. The first-order chi connectivity index (χ1) is 7.99. The van der Waals surface area contributed by atoms with Crippen molar-refractivity contribution in [1.29, 1.82) is 0 Å². The summed E-state index contributed by atoms with van der Waals surface area (Å²) in [5.74, 6) is 0. The molecule has 3 N–H and O–H groups in total. The van der Waals surface area contributed by atoms with Crippen LogP contribution in [0.3, 0.4) is 0 Å². The molecule has 0 radical (unpaired) electrons. The van der Waals surface area contributed by atoms with Crippen LogP contribution in [0, 0.1) is 6.92 Å². The molecule has 2 aromatic rings. The lowest BCUT2D eigenvalue weighted by Gasteiger charge is -2.08. The minimum absolute atomic E-state index is 0.221. The van der Waals surface area contributed by atoms with Gasteiger partial charge in [0.2, 0.25) is 0 Å². The second kappa shape index (κ2) is 4.38. The molecular weight excluding hydrogens is 256 g/mol. The molecule has 0 aliphatic carbocycles. The topological polar surface area (TPSA) is 72.2 Å². The molecule has 1 aromatic heterocycles. The highest BCUT2D eigenvalue weighted by molar-refractivity contribution is 7.94. The van der Waals surface area contributed by atoms with E-state index in [-0.39, 0.29) is 4.21 Å². The van der Waals surface area contributed by atoms with Gasteiger partial charge in [-0.05, 0) is 24.6 Å². The maximum Gasteiger partial charge on any atom is 0.271 e. The van der Waals surface area contributed by atoms with E-state index in [1.165, 1.54) is 6.07 Å². The van der Waals surface area contributed by atoms with Gasteiger partial charge in [-0.25, -0.2) is 8.42 Å². The van der Waals surface area contributed by atoms with Crippen molar-refractivity contribution >= 4 is 32.7 Å². The minimum atomic E-state index is -3.53. The first kappa shape index (κ1) is 11.9. The van der Waals surface area contributed by atoms with E-state index in [9.17, 15) is 8.42 Å². The number of nitrogens with one attached hydrogen (secondary N) is 1. The Bertz CT molecular complexity index is 632. The maximum absolute atomic E-state index is 12.0. The monoisotopic (exact) mass is 268 g/mol. The van der Waals surface area contributed by atoms with Crippen LogP contribution in [0.5, 0.6) is 0 Å². The van der Waals surface area contributed by atoms with Crippen LogP contribution >= 0.6 is 11.3 Å². The van der Waals surface area contributed by atoms with Gasteiger partial charge in [0.1, 0.15) is 4.21 Å². The number of hydrogen-bond donors (Lipinski definition) is 2. The van der Waals surface area contributed by atoms with Gasteiger partial charge in [-0.15, -0.1) is 11.3 Å². The van der Waals surface area contributed by atoms with Crippen molar-refractivity contribution in [1.82, 2.24) is 0 Å². The second-order valence-corrected chi connectivity index (χ2v) is 6.44. The molecule has 0 atom stereocenters. The van der Waals surface area contributed by atoms with Crippen molar-refractivity contribution < 1.29 is 8.42 Å². The van der Waals surface area contributed by atoms with E-state index in [0.717, 1.165) is 16.9 Å². The summed E-state index contributed by atoms with van der Waals surface area (Å²) in [5.41, 5.74) is 7.43. The zero-order valence-electron chi connectivity index (χ0n) is 9.17. The Morgan fingerprint density at radius 1 is 1.29 bits per heavy atom. The van der Waals surface area contributed by atoms with Crippen molar-refractivity contribution in [3.8, 4) is 0 Å². The zero-order valence-corrected chi connectivity index (χ0v) is 10.8. The Morgan fingerprint density at radius 3 is 2.59 bits per heavy atom. The lowest BCUT2D eigenvalue weighted by molar-refractivity contribution is 0.603. The number of thiophene rings is 1. The smallest absolute Gasteiger partial charge is 0.271 e. The maximum atomic E-state index is 12.0. The van der Waals surface area contributed by atoms with E-state index in [2.05, 4.69) is 4.72 Å². The summed E-state index contributed by atoms with van der Waals surface area (Å²) in [7, 11) is -3.53. The summed E-state index contributed by atoms with van der Waals surface area (Å²) in [4.78, 5) is 0. The van der Waals surface area contributed by atoms with Crippen LogP contribution in [0.4, 0.5) is 11.4 Å². The van der Waals surface area contributed by atoms with Crippen LogP contribution in [-0.2, 0) is 10.0 Å². The Hall–Kier alpha value is -1.53. The second-order valence-electron chi connectivity index (χ2n) is 3.62. The molecule has 0 saturated heterocycles. The van der Waals surface area contributed by atoms with Crippen LogP contribution in [0.2, 0.25) is 0 Å². The summed E-state index contributed by atoms with van der Waals surface area (Å²) in [6.45, 7) is 1.85. The van der Waals surface area contributed by atoms with Gasteiger partial charge in [0.15, 0.2) is 0 Å². The van der Waals surface area contributed by atoms with Gasteiger partial charge in [-0.3, -0.25) is 4.72 Å². The van der Waals surface area contributed by atoms with Crippen LogP contribution < -0.4 is 10.5 Å². The highest BCUT2D eigenvalue weighted by Gasteiger charge is 2.16. The summed E-state index contributed by atoms with van der Waals surface area (Å²) < 4.78 is 26.8. The molecular formula is C11H12N2O2S2. The first-order valence-corrected chi connectivity index (χ1v) is 7.28. The fraction of sp³-hybridized carbons (Fsp3) is 0.0909. The van der Waals surface area contributed by atoms with E-state index in [4.69, 9.17) is 5.73 Å². The van der Waals surface area contributed by atoms with E-state index in [0.29, 0.717) is 11.4 Å². The Balaban J connectivity index is 2.33. The Kier molecular flexibility index (Phi) is 3.08. The fourth-order valence-electron chi connectivity index (χ4n) is 1.35. The Morgan fingerprint density at radius 2 is 2.00 bits per heavy atom. The van der Waals surface area contributed by atoms with Gasteiger partial charge in [0.05, 0.1) is 5.69 Å². The number of rotatable bonds is 3. The zero-order chi connectivity index (χ0) is 12.5. The molecule has 0 saturated carbocycles. The normalized spacial score (nSPS) is 11.4. The molecule has 1 heterocycles. The van der Waals surface area contributed by atoms with Gasteiger partial charge in [0.25, 0.3) is 10.0 Å². The predicted octanol–water partition coefficient (Wildman–Crippen LogP) is 2.44. The number of anilines is 2. The third kappa shape index (κ3) is 2.59. The summed E-state index contributed by atoms with van der Waals surface area (Å²) in [5, 5.41) is 1.60. The van der Waals surface area contributed by atoms with Crippen molar-refractivity contribution in [3.05, 3.63) is 41.3 Å². The van der Waals surface area contributed by atoms with E-state index in [1.807, 2.05) is 19.1 Å². The van der Waals surface area contributed by atoms with Gasteiger partial charge >= 0.3 is 0 Å². The minimum Gasteiger partial charge on any atom is -0.398 e. The number of benzene rings is 1. The predicted molar refractivity (Wildman–Crippen MR) is 70.7 cm³/mol. The lowest BCUT2D eigenvalue weighted by atomic mass is 10.2. The van der Waals surface area contributed by atoms with Gasteiger partial charge in [-0.2, -0.15) is 0 Å². The van der Waals surface area contributed by atoms with Gasteiger partial charge < -0.3 is 5.73 Å². The van der Waals surface area contributed by atoms with Gasteiger partial charge in [0, 0.05) is 11.1 Å². The van der Waals surface area contributed by atoms with E-state index < -0.39 is 10.0 Å².